The summed E-state index contributed by atoms with van der Waals surface area (Å²) in [5.74, 6) is 0.277. The van der Waals surface area contributed by atoms with Crippen LogP contribution in [0.3, 0.4) is 0 Å². The molecule has 0 fully saturated rings. The van der Waals surface area contributed by atoms with Crippen LogP contribution in [-0.2, 0) is 17.6 Å². The van der Waals surface area contributed by atoms with Crippen molar-refractivity contribution in [2.24, 2.45) is 5.92 Å². The molecule has 2 nitrogen and oxygen atoms in total. The van der Waals surface area contributed by atoms with E-state index in [4.69, 9.17) is 4.74 Å². The number of unbranched alkanes of at least 4 members (excludes halogenated alkanes) is 2. The van der Waals surface area contributed by atoms with E-state index >= 15 is 0 Å². The minimum absolute atomic E-state index is 0.0195. The van der Waals surface area contributed by atoms with Crippen LogP contribution >= 0.6 is 0 Å². The van der Waals surface area contributed by atoms with E-state index in [9.17, 15) is 13.6 Å². The van der Waals surface area contributed by atoms with Crippen LogP contribution < -0.4 is 4.74 Å². The molecule has 1 aliphatic carbocycles. The highest BCUT2D eigenvalue weighted by atomic mass is 19.3. The molecule has 4 heteroatoms. The first-order valence-electron chi connectivity index (χ1n) is 14.3. The van der Waals surface area contributed by atoms with E-state index in [1.807, 2.05) is 31.2 Å². The molecule has 0 amide bonds. The minimum Gasteiger partial charge on any atom is -0.490 e. The van der Waals surface area contributed by atoms with Crippen LogP contribution in [0.2, 0.25) is 0 Å². The van der Waals surface area contributed by atoms with Crippen molar-refractivity contribution in [2.75, 3.05) is 0 Å². The highest BCUT2D eigenvalue weighted by molar-refractivity contribution is 5.97. The number of ketones is 1. The third-order valence-corrected chi connectivity index (χ3v) is 7.28. The topological polar surface area (TPSA) is 26.3 Å². The maximum Gasteiger partial charge on any atom is 0.264 e. The van der Waals surface area contributed by atoms with Gasteiger partial charge in [-0.05, 0) is 73.1 Å². The van der Waals surface area contributed by atoms with Crippen molar-refractivity contribution in [1.29, 1.82) is 0 Å². The second-order valence-electron chi connectivity index (χ2n) is 10.3. The average Bonchev–Trinajstić information content (AvgIpc) is 2.93. The summed E-state index contributed by atoms with van der Waals surface area (Å²) >= 11 is 0. The quantitative estimate of drug-likeness (QED) is 0.242. The lowest BCUT2D eigenvalue weighted by Gasteiger charge is -2.24. The molecule has 0 aromatic heterocycles. The van der Waals surface area contributed by atoms with Crippen LogP contribution in [0.25, 0.3) is 0 Å². The summed E-state index contributed by atoms with van der Waals surface area (Å²) in [6.07, 6.45) is 12.6. The van der Waals surface area contributed by atoms with Crippen molar-refractivity contribution < 1.29 is 18.3 Å². The predicted molar refractivity (Wildman–Crippen MR) is 157 cm³/mol. The van der Waals surface area contributed by atoms with E-state index in [-0.39, 0.29) is 23.9 Å². The van der Waals surface area contributed by atoms with Gasteiger partial charge in [-0.2, -0.15) is 0 Å². The van der Waals surface area contributed by atoms with Gasteiger partial charge in [-0.15, -0.1) is 0 Å². The molecule has 39 heavy (non-hydrogen) atoms. The molecule has 0 heterocycles. The molecular weight excluding hydrogens is 490 g/mol. The summed E-state index contributed by atoms with van der Waals surface area (Å²) in [7, 11) is 0. The monoisotopic (exact) mass is 532 g/mol. The maximum atomic E-state index is 13.6. The summed E-state index contributed by atoms with van der Waals surface area (Å²) in [6, 6.07) is 14.6. The number of carbonyl (C=O) groups excluding carboxylic acids is 1. The van der Waals surface area contributed by atoms with Gasteiger partial charge in [0.15, 0.2) is 5.78 Å². The molecule has 0 aliphatic heterocycles. The third-order valence-electron chi connectivity index (χ3n) is 7.28. The zero-order valence-corrected chi connectivity index (χ0v) is 23.6. The van der Waals surface area contributed by atoms with Crippen LogP contribution in [0.4, 0.5) is 8.78 Å². The molecule has 3 rings (SSSR count). The van der Waals surface area contributed by atoms with E-state index in [1.54, 1.807) is 30.4 Å². The molecule has 1 atom stereocenters. The molecule has 0 radical (unpaired) electrons. The minimum atomic E-state index is -2.58. The molecule has 0 saturated heterocycles. The lowest BCUT2D eigenvalue weighted by Crippen LogP contribution is -2.23. The second kappa shape index (κ2) is 15.4. The van der Waals surface area contributed by atoms with Crippen molar-refractivity contribution in [2.45, 2.75) is 84.7 Å². The highest BCUT2D eigenvalue weighted by Gasteiger charge is 2.28. The number of ether oxygens (including phenoxy) is 1. The van der Waals surface area contributed by atoms with Crippen molar-refractivity contribution in [1.82, 2.24) is 0 Å². The smallest absolute Gasteiger partial charge is 0.264 e. The van der Waals surface area contributed by atoms with Gasteiger partial charge in [-0.1, -0.05) is 106 Å². The number of hydrogen-bond acceptors (Lipinski definition) is 2. The van der Waals surface area contributed by atoms with Gasteiger partial charge in [0, 0.05) is 5.56 Å². The van der Waals surface area contributed by atoms with Crippen molar-refractivity contribution in [3.63, 3.8) is 0 Å². The van der Waals surface area contributed by atoms with E-state index in [1.165, 1.54) is 31.7 Å². The molecule has 208 valence electrons. The molecule has 0 N–H and O–H groups in total. The Hall–Kier alpha value is -3.27. The molecule has 1 aliphatic rings. The van der Waals surface area contributed by atoms with E-state index < -0.39 is 12.3 Å². The Morgan fingerprint density at radius 1 is 1.00 bits per heavy atom. The first-order valence-corrected chi connectivity index (χ1v) is 14.3. The molecule has 2 aromatic carbocycles. The lowest BCUT2D eigenvalue weighted by molar-refractivity contribution is -0.117. The van der Waals surface area contributed by atoms with Crippen LogP contribution in [0.15, 0.2) is 96.1 Å². The van der Waals surface area contributed by atoms with E-state index in [0.29, 0.717) is 12.0 Å². The SMILES string of the molecule is C=C(/C=C1\C(=C/C)C=CC(=O)C1Cc1ccccc1C(F)F)Cc1ccc(OC(CCCC)CCCC)cc1. The first kappa shape index (κ1) is 30.3. The zero-order chi connectivity index (χ0) is 28.2. The summed E-state index contributed by atoms with van der Waals surface area (Å²) < 4.78 is 33.6. The van der Waals surface area contributed by atoms with Gasteiger partial charge in [0.25, 0.3) is 6.43 Å². The standard InChI is InChI=1S/C35H42F2O2/c1-5-8-13-29(14-9-6-2)39-30-19-16-26(17-20-30)22-25(4)23-32-27(7-3)18-21-34(38)33(32)24-28-12-10-11-15-31(28)35(36)37/h7,10-12,15-21,23,29,33,35H,4-6,8-9,13-14,22,24H2,1-3H3/b27-7-,32-23+. The average molecular weight is 533 g/mol. The van der Waals surface area contributed by atoms with Crippen LogP contribution in [0.5, 0.6) is 5.75 Å². The summed E-state index contributed by atoms with van der Waals surface area (Å²) in [5.41, 5.74) is 4.19. The summed E-state index contributed by atoms with van der Waals surface area (Å²) in [6.45, 7) is 10.6. The predicted octanol–water partition coefficient (Wildman–Crippen LogP) is 9.72. The Labute approximate surface area is 233 Å². The van der Waals surface area contributed by atoms with Crippen molar-refractivity contribution in [3.05, 3.63) is 113 Å². The fraction of sp³-hybridized carbons (Fsp3) is 0.400. The molecule has 2 aromatic rings. The van der Waals surface area contributed by atoms with Gasteiger partial charge in [0.05, 0.1) is 12.0 Å². The number of allylic oxidation sites excluding steroid dienone is 7. The molecule has 0 bridgehead atoms. The van der Waals surface area contributed by atoms with Gasteiger partial charge in [0.2, 0.25) is 0 Å². The normalized spacial score (nSPS) is 17.5. The number of carbonyl (C=O) groups is 1. The Bertz CT molecular complexity index is 1180. The largest absolute Gasteiger partial charge is 0.490 e. The van der Waals surface area contributed by atoms with Crippen LogP contribution in [0, 0.1) is 5.92 Å². The number of hydrogen-bond donors (Lipinski definition) is 0. The maximum absolute atomic E-state index is 13.6. The van der Waals surface area contributed by atoms with Crippen LogP contribution in [-0.4, -0.2) is 11.9 Å². The number of benzene rings is 2. The van der Waals surface area contributed by atoms with Gasteiger partial charge in [0.1, 0.15) is 5.75 Å². The lowest BCUT2D eigenvalue weighted by atomic mass is 9.78. The number of alkyl halides is 2. The number of halogens is 2. The van der Waals surface area contributed by atoms with Gasteiger partial charge < -0.3 is 4.74 Å². The van der Waals surface area contributed by atoms with E-state index in [0.717, 1.165) is 40.9 Å². The molecule has 0 spiro atoms. The summed E-state index contributed by atoms with van der Waals surface area (Å²) in [5, 5.41) is 0. The van der Waals surface area contributed by atoms with Gasteiger partial charge in [-0.3, -0.25) is 4.79 Å². The second-order valence-corrected chi connectivity index (χ2v) is 10.3. The van der Waals surface area contributed by atoms with Crippen molar-refractivity contribution in [3.8, 4) is 5.75 Å². The first-order chi connectivity index (χ1) is 18.9. The van der Waals surface area contributed by atoms with Crippen molar-refractivity contribution >= 4 is 5.78 Å². The Morgan fingerprint density at radius 2 is 1.67 bits per heavy atom. The van der Waals surface area contributed by atoms with E-state index in [2.05, 4.69) is 32.6 Å². The molecular formula is C35H42F2O2. The Balaban J connectivity index is 1.75. The Kier molecular flexibility index (Phi) is 11.9. The molecule has 1 unspecified atom stereocenters. The van der Waals surface area contributed by atoms with Crippen LogP contribution in [0.1, 0.15) is 82.4 Å². The number of rotatable bonds is 14. The fourth-order valence-electron chi connectivity index (χ4n) is 5.09. The zero-order valence-electron chi connectivity index (χ0n) is 23.6. The Morgan fingerprint density at radius 3 is 2.28 bits per heavy atom. The van der Waals surface area contributed by atoms with Gasteiger partial charge >= 0.3 is 0 Å². The third kappa shape index (κ3) is 8.88. The molecule has 0 saturated carbocycles. The fourth-order valence-corrected chi connectivity index (χ4v) is 5.09. The highest BCUT2D eigenvalue weighted by Crippen LogP contribution is 2.34. The summed E-state index contributed by atoms with van der Waals surface area (Å²) in [4.78, 5) is 13.0. The van der Waals surface area contributed by atoms with Gasteiger partial charge in [-0.25, -0.2) is 8.78 Å².